The molecule has 0 aromatic rings. The minimum atomic E-state index is -0.651. The van der Waals surface area contributed by atoms with Crippen LogP contribution in [-0.4, -0.2) is 39.7 Å². The van der Waals surface area contributed by atoms with Gasteiger partial charge < -0.3 is 5.11 Å². The van der Waals surface area contributed by atoms with Crippen LogP contribution in [0, 0.1) is 0 Å². The molecule has 0 radical (unpaired) electrons. The summed E-state index contributed by atoms with van der Waals surface area (Å²) in [6.45, 7) is 0.981. The first-order valence-electron chi connectivity index (χ1n) is 3.89. The molecular weight excluding hydrogens is 162 g/mol. The summed E-state index contributed by atoms with van der Waals surface area (Å²) in [7, 11) is 0. The van der Waals surface area contributed by atoms with Gasteiger partial charge in [-0.25, -0.2) is 0 Å². The van der Waals surface area contributed by atoms with E-state index in [9.17, 15) is 4.79 Å². The summed E-state index contributed by atoms with van der Waals surface area (Å²) >= 11 is 1.79. The molecule has 2 unspecified atom stereocenters. The summed E-state index contributed by atoms with van der Waals surface area (Å²) in [6.07, 6.45) is 2.34. The summed E-state index contributed by atoms with van der Waals surface area (Å²) in [5, 5.41) is 9.32. The first-order chi connectivity index (χ1) is 5.29. The van der Waals surface area contributed by atoms with Crippen molar-refractivity contribution in [2.45, 2.75) is 24.3 Å². The number of carbonyl (C=O) groups is 1. The highest BCUT2D eigenvalue weighted by Gasteiger charge is 2.40. The fourth-order valence-corrected chi connectivity index (χ4v) is 3.32. The SMILES string of the molecule is O=C(O)C1CSC2CCCN21. The second-order valence-electron chi connectivity index (χ2n) is 3.02. The van der Waals surface area contributed by atoms with Crippen LogP contribution < -0.4 is 0 Å². The van der Waals surface area contributed by atoms with Crippen LogP contribution in [0.5, 0.6) is 0 Å². The van der Waals surface area contributed by atoms with Crippen molar-refractivity contribution in [3.05, 3.63) is 0 Å². The first-order valence-corrected chi connectivity index (χ1v) is 4.94. The van der Waals surface area contributed by atoms with E-state index < -0.39 is 5.97 Å². The Morgan fingerprint density at radius 2 is 2.45 bits per heavy atom. The second-order valence-corrected chi connectivity index (χ2v) is 4.23. The molecule has 0 aromatic heterocycles. The Kier molecular flexibility index (Phi) is 1.81. The zero-order valence-electron chi connectivity index (χ0n) is 6.19. The van der Waals surface area contributed by atoms with E-state index in [2.05, 4.69) is 4.90 Å². The molecule has 2 atom stereocenters. The average Bonchev–Trinajstić information content (AvgIpc) is 2.41. The molecule has 0 aliphatic carbocycles. The Balaban J connectivity index is 2.08. The van der Waals surface area contributed by atoms with E-state index in [1.807, 2.05) is 0 Å². The van der Waals surface area contributed by atoms with E-state index in [0.29, 0.717) is 5.37 Å². The molecule has 62 valence electrons. The van der Waals surface area contributed by atoms with Crippen LogP contribution in [-0.2, 0) is 4.79 Å². The lowest BCUT2D eigenvalue weighted by Gasteiger charge is -2.18. The highest BCUT2D eigenvalue weighted by molar-refractivity contribution is 8.00. The molecule has 2 fully saturated rings. The number of hydrogen-bond acceptors (Lipinski definition) is 3. The Morgan fingerprint density at radius 1 is 1.64 bits per heavy atom. The van der Waals surface area contributed by atoms with Crippen molar-refractivity contribution in [3.8, 4) is 0 Å². The van der Waals surface area contributed by atoms with Gasteiger partial charge in [-0.2, -0.15) is 0 Å². The van der Waals surface area contributed by atoms with Crippen LogP contribution in [0.4, 0.5) is 0 Å². The van der Waals surface area contributed by atoms with Gasteiger partial charge in [0.05, 0.1) is 5.37 Å². The lowest BCUT2D eigenvalue weighted by atomic mass is 10.3. The Bertz CT molecular complexity index is 185. The molecule has 0 spiro atoms. The van der Waals surface area contributed by atoms with Crippen LogP contribution in [0.1, 0.15) is 12.8 Å². The zero-order valence-corrected chi connectivity index (χ0v) is 7.01. The number of hydrogen-bond donors (Lipinski definition) is 1. The lowest BCUT2D eigenvalue weighted by molar-refractivity contribution is -0.141. The third kappa shape index (κ3) is 1.14. The van der Waals surface area contributed by atoms with Crippen LogP contribution in [0.25, 0.3) is 0 Å². The third-order valence-corrected chi connectivity index (χ3v) is 3.77. The number of carboxylic acid groups (broad SMARTS) is 1. The molecule has 11 heavy (non-hydrogen) atoms. The maximum Gasteiger partial charge on any atom is 0.321 e. The van der Waals surface area contributed by atoms with Crippen molar-refractivity contribution < 1.29 is 9.90 Å². The predicted octanol–water partition coefficient (Wildman–Crippen LogP) is 0.608. The van der Waals surface area contributed by atoms with E-state index in [0.717, 1.165) is 12.3 Å². The van der Waals surface area contributed by atoms with Crippen molar-refractivity contribution in [3.63, 3.8) is 0 Å². The van der Waals surface area contributed by atoms with Crippen LogP contribution in [0.15, 0.2) is 0 Å². The summed E-state index contributed by atoms with van der Waals surface area (Å²) in [5.74, 6) is 0.127. The number of thioether (sulfide) groups is 1. The normalized spacial score (nSPS) is 37.5. The van der Waals surface area contributed by atoms with E-state index >= 15 is 0 Å². The van der Waals surface area contributed by atoms with Gasteiger partial charge in [-0.05, 0) is 12.8 Å². The average molecular weight is 173 g/mol. The number of rotatable bonds is 1. The van der Waals surface area contributed by atoms with Gasteiger partial charge in [0, 0.05) is 12.3 Å². The van der Waals surface area contributed by atoms with Gasteiger partial charge in [0.1, 0.15) is 6.04 Å². The van der Waals surface area contributed by atoms with Gasteiger partial charge in [-0.1, -0.05) is 0 Å². The molecule has 0 aromatic carbocycles. The Labute approximate surface area is 69.8 Å². The molecule has 0 bridgehead atoms. The van der Waals surface area contributed by atoms with Crippen LogP contribution in [0.3, 0.4) is 0 Å². The van der Waals surface area contributed by atoms with E-state index in [1.165, 1.54) is 12.8 Å². The Morgan fingerprint density at radius 3 is 3.18 bits per heavy atom. The molecule has 2 saturated heterocycles. The summed E-state index contributed by atoms with van der Waals surface area (Å²) in [6, 6.07) is -0.201. The number of fused-ring (bicyclic) bond motifs is 1. The molecule has 2 aliphatic rings. The molecule has 1 N–H and O–H groups in total. The summed E-state index contributed by atoms with van der Waals surface area (Å²) in [5.41, 5.74) is 0. The first kappa shape index (κ1) is 7.43. The molecule has 0 saturated carbocycles. The van der Waals surface area contributed by atoms with E-state index in [1.54, 1.807) is 11.8 Å². The van der Waals surface area contributed by atoms with Gasteiger partial charge in [-0.15, -0.1) is 11.8 Å². The van der Waals surface area contributed by atoms with Crippen molar-refractivity contribution in [1.29, 1.82) is 0 Å². The fraction of sp³-hybridized carbons (Fsp3) is 0.857. The largest absolute Gasteiger partial charge is 0.480 e. The monoisotopic (exact) mass is 173 g/mol. The molecule has 2 aliphatic heterocycles. The van der Waals surface area contributed by atoms with E-state index in [4.69, 9.17) is 5.11 Å². The number of carboxylic acids is 1. The Hall–Kier alpha value is -0.220. The standard InChI is InChI=1S/C7H11NO2S/c9-7(10)5-4-11-6-2-1-3-8(5)6/h5-6H,1-4H2,(H,9,10). The molecular formula is C7H11NO2S. The minimum Gasteiger partial charge on any atom is -0.480 e. The second kappa shape index (κ2) is 2.68. The van der Waals surface area contributed by atoms with Gasteiger partial charge in [0.25, 0.3) is 0 Å². The summed E-state index contributed by atoms with van der Waals surface area (Å²) in [4.78, 5) is 12.8. The predicted molar refractivity (Wildman–Crippen MR) is 43.6 cm³/mol. The maximum atomic E-state index is 10.7. The number of aliphatic carboxylic acids is 1. The molecule has 3 nitrogen and oxygen atoms in total. The third-order valence-electron chi connectivity index (χ3n) is 2.37. The number of nitrogens with zero attached hydrogens (tertiary/aromatic N) is 1. The summed E-state index contributed by atoms with van der Waals surface area (Å²) < 4.78 is 0. The quantitative estimate of drug-likeness (QED) is 0.630. The van der Waals surface area contributed by atoms with Crippen molar-refractivity contribution >= 4 is 17.7 Å². The molecule has 0 amide bonds. The van der Waals surface area contributed by atoms with Crippen LogP contribution in [0.2, 0.25) is 0 Å². The van der Waals surface area contributed by atoms with E-state index in [-0.39, 0.29) is 6.04 Å². The minimum absolute atomic E-state index is 0.201. The zero-order chi connectivity index (χ0) is 7.84. The maximum absolute atomic E-state index is 10.7. The van der Waals surface area contributed by atoms with Crippen molar-refractivity contribution in [2.24, 2.45) is 0 Å². The van der Waals surface area contributed by atoms with Crippen molar-refractivity contribution in [1.82, 2.24) is 4.90 Å². The molecule has 2 heterocycles. The van der Waals surface area contributed by atoms with Gasteiger partial charge >= 0.3 is 5.97 Å². The van der Waals surface area contributed by atoms with Crippen LogP contribution >= 0.6 is 11.8 Å². The topological polar surface area (TPSA) is 40.5 Å². The fourth-order valence-electron chi connectivity index (χ4n) is 1.81. The van der Waals surface area contributed by atoms with Crippen molar-refractivity contribution in [2.75, 3.05) is 12.3 Å². The molecule has 2 rings (SSSR count). The molecule has 4 heteroatoms. The smallest absolute Gasteiger partial charge is 0.321 e. The van der Waals surface area contributed by atoms with Gasteiger partial charge in [0.2, 0.25) is 0 Å². The van der Waals surface area contributed by atoms with Gasteiger partial charge in [0.15, 0.2) is 0 Å². The van der Waals surface area contributed by atoms with Gasteiger partial charge in [-0.3, -0.25) is 9.69 Å². The highest BCUT2D eigenvalue weighted by Crippen LogP contribution is 2.36. The lowest BCUT2D eigenvalue weighted by Crippen LogP contribution is -2.38. The highest BCUT2D eigenvalue weighted by atomic mass is 32.2.